The average Bonchev–Trinajstić information content (AvgIpc) is 2.76. The summed E-state index contributed by atoms with van der Waals surface area (Å²) in [6.07, 6.45) is 5.11. The van der Waals surface area contributed by atoms with Crippen LogP contribution in [-0.4, -0.2) is 11.5 Å². The van der Waals surface area contributed by atoms with Gasteiger partial charge >= 0.3 is 0 Å². The molecule has 0 spiro atoms. The van der Waals surface area contributed by atoms with Crippen molar-refractivity contribution in [2.45, 2.75) is 25.3 Å². The van der Waals surface area contributed by atoms with Crippen molar-refractivity contribution in [3.8, 4) is 0 Å². The third-order valence-electron chi connectivity index (χ3n) is 3.00. The lowest BCUT2D eigenvalue weighted by Crippen LogP contribution is -2.11. The highest BCUT2D eigenvalue weighted by atomic mass is 35.5. The predicted molar refractivity (Wildman–Crippen MR) is 75.4 cm³/mol. The molecule has 0 amide bonds. The number of H-pyrrole nitrogens is 1. The van der Waals surface area contributed by atoms with E-state index < -0.39 is 0 Å². The highest BCUT2D eigenvalue weighted by Gasteiger charge is 2.09. The summed E-state index contributed by atoms with van der Waals surface area (Å²) in [5, 5.41) is 1.24. The Kier molecular flexibility index (Phi) is 5.48. The van der Waals surface area contributed by atoms with Gasteiger partial charge in [0.2, 0.25) is 0 Å². The molecule has 94 valence electrons. The van der Waals surface area contributed by atoms with Crippen LogP contribution < -0.4 is 11.5 Å². The Labute approximate surface area is 108 Å². The van der Waals surface area contributed by atoms with Crippen molar-refractivity contribution in [1.29, 1.82) is 0 Å². The standard InChI is InChI=1S/C13H19N3.ClH/c14-8-2-1-5-12(15)10-4-3-6-13-11(10)7-9-16-13;/h3-4,6-7,9,12,16H,1-2,5,8,14-15H2;1H/t12-;/m0./s1. The first kappa shape index (κ1) is 14.0. The molecule has 0 saturated carbocycles. The first-order chi connectivity index (χ1) is 7.83. The summed E-state index contributed by atoms with van der Waals surface area (Å²) in [6, 6.07) is 8.45. The number of unbranched alkanes of at least 4 members (excludes halogenated alkanes) is 1. The second-order valence-electron chi connectivity index (χ2n) is 4.18. The molecule has 0 unspecified atom stereocenters. The van der Waals surface area contributed by atoms with Crippen LogP contribution in [0, 0.1) is 0 Å². The van der Waals surface area contributed by atoms with E-state index >= 15 is 0 Å². The molecule has 0 aliphatic rings. The molecule has 5 N–H and O–H groups in total. The first-order valence-corrected chi connectivity index (χ1v) is 5.84. The molecule has 0 radical (unpaired) electrons. The zero-order valence-corrected chi connectivity index (χ0v) is 10.7. The minimum Gasteiger partial charge on any atom is -0.361 e. The lowest BCUT2D eigenvalue weighted by Gasteiger charge is -2.12. The van der Waals surface area contributed by atoms with Gasteiger partial charge in [-0.1, -0.05) is 18.6 Å². The highest BCUT2D eigenvalue weighted by molar-refractivity contribution is 5.85. The molecular weight excluding hydrogens is 234 g/mol. The van der Waals surface area contributed by atoms with Crippen molar-refractivity contribution >= 4 is 23.3 Å². The molecule has 0 saturated heterocycles. The number of nitrogens with two attached hydrogens (primary N) is 2. The predicted octanol–water partition coefficient (Wildman–Crippen LogP) is 2.72. The van der Waals surface area contributed by atoms with Gasteiger partial charge in [0.05, 0.1) is 0 Å². The Balaban J connectivity index is 0.00000144. The van der Waals surface area contributed by atoms with Crippen molar-refractivity contribution in [2.24, 2.45) is 11.5 Å². The molecule has 1 aromatic heterocycles. The minimum absolute atomic E-state index is 0. The van der Waals surface area contributed by atoms with Crippen molar-refractivity contribution in [3.05, 3.63) is 36.0 Å². The van der Waals surface area contributed by atoms with Gasteiger partial charge in [-0.2, -0.15) is 0 Å². The monoisotopic (exact) mass is 253 g/mol. The van der Waals surface area contributed by atoms with Gasteiger partial charge in [0.25, 0.3) is 0 Å². The SMILES string of the molecule is Cl.NCCCC[C@H](N)c1cccc2[nH]ccc12. The van der Waals surface area contributed by atoms with E-state index in [9.17, 15) is 0 Å². The maximum absolute atomic E-state index is 6.21. The number of benzene rings is 1. The van der Waals surface area contributed by atoms with Crippen molar-refractivity contribution in [3.63, 3.8) is 0 Å². The first-order valence-electron chi connectivity index (χ1n) is 5.84. The fraction of sp³-hybridized carbons (Fsp3) is 0.385. The molecule has 0 aliphatic heterocycles. The molecule has 3 nitrogen and oxygen atoms in total. The number of nitrogens with one attached hydrogen (secondary N) is 1. The molecule has 2 aromatic rings. The largest absolute Gasteiger partial charge is 0.361 e. The van der Waals surface area contributed by atoms with Gasteiger partial charge < -0.3 is 16.5 Å². The quantitative estimate of drug-likeness (QED) is 0.718. The van der Waals surface area contributed by atoms with Crippen molar-refractivity contribution < 1.29 is 0 Å². The van der Waals surface area contributed by atoms with Crippen LogP contribution in [0.1, 0.15) is 30.9 Å². The van der Waals surface area contributed by atoms with Crippen LogP contribution >= 0.6 is 12.4 Å². The van der Waals surface area contributed by atoms with E-state index in [-0.39, 0.29) is 18.4 Å². The van der Waals surface area contributed by atoms with Crippen molar-refractivity contribution in [1.82, 2.24) is 4.98 Å². The molecule has 0 bridgehead atoms. The summed E-state index contributed by atoms with van der Waals surface area (Å²) >= 11 is 0. The Morgan fingerprint density at radius 1 is 1.18 bits per heavy atom. The van der Waals surface area contributed by atoms with Gasteiger partial charge in [-0.15, -0.1) is 12.4 Å². The summed E-state index contributed by atoms with van der Waals surface area (Å²) in [7, 11) is 0. The van der Waals surface area contributed by atoms with Crippen LogP contribution in [0.5, 0.6) is 0 Å². The van der Waals surface area contributed by atoms with Crippen molar-refractivity contribution in [2.75, 3.05) is 6.54 Å². The topological polar surface area (TPSA) is 67.8 Å². The van der Waals surface area contributed by atoms with Gasteiger partial charge in [-0.25, -0.2) is 0 Å². The number of hydrogen-bond acceptors (Lipinski definition) is 2. The second kappa shape index (κ2) is 6.64. The maximum Gasteiger partial charge on any atom is 0.0457 e. The molecule has 17 heavy (non-hydrogen) atoms. The third kappa shape index (κ3) is 3.22. The van der Waals surface area contributed by atoms with Crippen LogP contribution in [0.2, 0.25) is 0 Å². The third-order valence-corrected chi connectivity index (χ3v) is 3.00. The summed E-state index contributed by atoms with van der Waals surface area (Å²) in [5.74, 6) is 0. The smallest absolute Gasteiger partial charge is 0.0457 e. The number of hydrogen-bond donors (Lipinski definition) is 3. The number of aromatic amines is 1. The number of halogens is 1. The van der Waals surface area contributed by atoms with E-state index in [1.165, 1.54) is 10.9 Å². The van der Waals surface area contributed by atoms with Gasteiger partial charge in [-0.05, 0) is 37.1 Å². The molecule has 4 heteroatoms. The van der Waals surface area contributed by atoms with Crippen LogP contribution in [0.25, 0.3) is 10.9 Å². The lowest BCUT2D eigenvalue weighted by molar-refractivity contribution is 0.594. The summed E-state index contributed by atoms with van der Waals surface area (Å²) in [6.45, 7) is 0.751. The van der Waals surface area contributed by atoms with Gasteiger partial charge in [-0.3, -0.25) is 0 Å². The molecule has 1 heterocycles. The fourth-order valence-corrected chi connectivity index (χ4v) is 2.10. The second-order valence-corrected chi connectivity index (χ2v) is 4.18. The number of aromatic nitrogens is 1. The molecule has 1 aromatic carbocycles. The van der Waals surface area contributed by atoms with Crippen LogP contribution in [0.3, 0.4) is 0 Å². The van der Waals surface area contributed by atoms with E-state index in [2.05, 4.69) is 29.2 Å². The van der Waals surface area contributed by atoms with Gasteiger partial charge in [0.1, 0.15) is 0 Å². The normalized spacial score (nSPS) is 12.4. The molecule has 0 aliphatic carbocycles. The Morgan fingerprint density at radius 2 is 2.00 bits per heavy atom. The molecule has 0 fully saturated rings. The average molecular weight is 254 g/mol. The lowest BCUT2D eigenvalue weighted by atomic mass is 9.99. The van der Waals surface area contributed by atoms with E-state index in [4.69, 9.17) is 11.5 Å². The molecular formula is C13H20ClN3. The Morgan fingerprint density at radius 3 is 2.76 bits per heavy atom. The number of rotatable bonds is 5. The summed E-state index contributed by atoms with van der Waals surface area (Å²) < 4.78 is 0. The van der Waals surface area contributed by atoms with Gasteiger partial charge in [0.15, 0.2) is 0 Å². The highest BCUT2D eigenvalue weighted by Crippen LogP contribution is 2.25. The zero-order chi connectivity index (χ0) is 11.4. The van der Waals surface area contributed by atoms with Crippen LogP contribution in [-0.2, 0) is 0 Å². The summed E-state index contributed by atoms with van der Waals surface area (Å²) in [5.41, 5.74) is 14.1. The Hall–Kier alpha value is -1.03. The fourth-order valence-electron chi connectivity index (χ4n) is 2.10. The molecule has 2 rings (SSSR count). The van der Waals surface area contributed by atoms with E-state index in [1.54, 1.807) is 0 Å². The van der Waals surface area contributed by atoms with Crippen LogP contribution in [0.15, 0.2) is 30.5 Å². The maximum atomic E-state index is 6.21. The van der Waals surface area contributed by atoms with Gasteiger partial charge in [0, 0.05) is 23.1 Å². The molecule has 1 atom stereocenters. The van der Waals surface area contributed by atoms with Crippen LogP contribution in [0.4, 0.5) is 0 Å². The zero-order valence-electron chi connectivity index (χ0n) is 9.86. The Bertz CT molecular complexity index is 453. The van der Waals surface area contributed by atoms with E-state index in [0.29, 0.717) is 0 Å². The summed E-state index contributed by atoms with van der Waals surface area (Å²) in [4.78, 5) is 3.21. The van der Waals surface area contributed by atoms with E-state index in [0.717, 1.165) is 31.3 Å². The minimum atomic E-state index is 0. The van der Waals surface area contributed by atoms with E-state index in [1.807, 2.05) is 6.20 Å². The number of fused-ring (bicyclic) bond motifs is 1.